The van der Waals surface area contributed by atoms with Crippen molar-refractivity contribution in [1.82, 2.24) is 5.16 Å². The minimum Gasteiger partial charge on any atom is -0.508 e. The maximum Gasteiger partial charge on any atom is 0.262 e. The maximum absolute atomic E-state index is 13.0. The fourth-order valence-electron chi connectivity index (χ4n) is 2.24. The van der Waals surface area contributed by atoms with Crippen LogP contribution in [0.25, 0.3) is 15.8 Å². The third-order valence-corrected chi connectivity index (χ3v) is 1570. The van der Waals surface area contributed by atoms with Gasteiger partial charge in [0, 0.05) is 8.95 Å². The summed E-state index contributed by atoms with van der Waals surface area (Å²) in [4.78, 5) is 3.01. The van der Waals surface area contributed by atoms with Gasteiger partial charge in [-0.2, -0.15) is 0 Å². The van der Waals surface area contributed by atoms with Crippen LogP contribution >= 0.6 is 398 Å². The minimum atomic E-state index is -0.573. The average Bonchev–Trinajstić information content (AvgIpc) is 3.48. The van der Waals surface area contributed by atoms with E-state index >= 15 is 0 Å². The molecule has 0 bridgehead atoms. The third kappa shape index (κ3) is 28.3. The molecule has 0 fully saturated rings. The van der Waals surface area contributed by atoms with Crippen LogP contribution in [0.15, 0.2) is 37.7 Å². The van der Waals surface area contributed by atoms with Gasteiger partial charge in [0.2, 0.25) is 0 Å². The molecular weight excluding hydrogens is 3890 g/mol. The van der Waals surface area contributed by atoms with Crippen LogP contribution in [-0.2, 0) is 0 Å². The molecule has 0 amide bonds. The van der Waals surface area contributed by atoms with Crippen molar-refractivity contribution in [2.24, 2.45) is 0 Å². The van der Waals surface area contributed by atoms with Gasteiger partial charge < -0.3 is 19.7 Å². The van der Waals surface area contributed by atoms with E-state index in [4.69, 9.17) is 26.3 Å². The van der Waals surface area contributed by atoms with Gasteiger partial charge in [-0.15, -0.1) is 0 Å². The Balaban J connectivity index is 0.000000736. The molecular formula is C16H12Br2FI27N3O3-. The number of nitrogens with two attached hydrogens (primary N) is 1. The fourth-order valence-corrected chi connectivity index (χ4v) is 3360. The molecule has 0 radical (unpaired) electrons. The number of hydrogen-bond acceptors (Lipinski definition) is 5. The normalized spacial score (nSPS) is 13.6. The Kier molecular flexibility index (Phi) is 54.3. The van der Waals surface area contributed by atoms with Crippen LogP contribution in [0.2, 0.25) is 0 Å². The van der Waals surface area contributed by atoms with E-state index in [0.29, 0.717) is 40.3 Å². The van der Waals surface area contributed by atoms with E-state index in [2.05, 4.69) is 321 Å². The van der Waals surface area contributed by atoms with Crippen LogP contribution in [0.5, 0.6) is 11.5 Å². The van der Waals surface area contributed by atoms with Gasteiger partial charge >= 0.3 is 379 Å². The molecule has 0 saturated carbocycles. The monoisotopic (exact) mass is 3900 g/mol. The second-order valence-corrected chi connectivity index (χ2v) is 561. The zero-order chi connectivity index (χ0) is 40.6. The number of ether oxygens (including phenoxy) is 2. The van der Waals surface area contributed by atoms with Crippen molar-refractivity contribution in [1.29, 1.82) is 0 Å². The summed E-state index contributed by atoms with van der Waals surface area (Å²) >= 11 is 51.5. The van der Waals surface area contributed by atoms with Crippen molar-refractivity contribution in [2.75, 3.05) is 20.0 Å². The molecule has 1 aromatic heterocycles. The maximum atomic E-state index is 13.0. The van der Waals surface area contributed by atoms with Gasteiger partial charge in [0.15, 0.2) is 11.4 Å². The first kappa shape index (κ1) is 69.4. The van der Waals surface area contributed by atoms with Crippen molar-refractivity contribution in [3.63, 3.8) is 0 Å². The zero-order valence-corrected chi connectivity index (χ0v) is 84.8. The second kappa shape index (κ2) is 40.7. The molecule has 36 heteroatoms. The first-order valence-corrected chi connectivity index (χ1v) is 169. The Morgan fingerprint density at radius 3 is 1.42 bits per heavy atom. The standard InChI is InChI=1S/C8H5BrFNO.C8H7BrN2O2.I22.I5/c1-11-8-6(10)3-5(9)4-7(8)12-2;1-12-5-2-4(9)3-6-7(5)8(10)11-13-6;1-13(2)15(5)17(7)19(9)21(11)22(12)20(10)18(8)16(6)14(3)4;1-4-5(2)3/h3-4H,2H3;2-3H,1H3,(H2,10,11);;/q;;;-1. The van der Waals surface area contributed by atoms with Crippen LogP contribution in [-0.4, -0.2) is 19.4 Å². The average molecular weight is 3900 g/mol. The number of hydrogen-bond donors (Lipinski definition) is 1. The summed E-state index contributed by atoms with van der Waals surface area (Å²) in [5.41, 5.74) is 6.13. The Morgan fingerprint density at radius 2 is 1.08 bits per heavy atom. The molecule has 52 heavy (non-hydrogen) atoms. The van der Waals surface area contributed by atoms with Crippen LogP contribution < -0.4 is 28.5 Å². The van der Waals surface area contributed by atoms with Gasteiger partial charge in [-0.3, -0.25) is 0 Å². The van der Waals surface area contributed by atoms with Crippen molar-refractivity contribution in [3.05, 3.63) is 50.4 Å². The van der Waals surface area contributed by atoms with Crippen LogP contribution in [0, 0.1) is 12.4 Å². The molecule has 3 aromatic rings. The molecule has 3 rings (SSSR count). The van der Waals surface area contributed by atoms with Crippen molar-refractivity contribution in [3.8, 4) is 11.5 Å². The summed E-state index contributed by atoms with van der Waals surface area (Å²) < 4.78 is 29.3. The van der Waals surface area contributed by atoms with Gasteiger partial charge in [-0.25, -0.2) is 9.24 Å². The molecule has 2 N–H and O–H groups in total. The smallest absolute Gasteiger partial charge is 0.262 e. The topological polar surface area (TPSA) is 74.9 Å². The number of fused-ring (bicyclic) bond motifs is 1. The number of aromatic nitrogens is 1. The van der Waals surface area contributed by atoms with Crippen molar-refractivity contribution in [2.45, 2.75) is 0 Å². The van der Waals surface area contributed by atoms with Crippen molar-refractivity contribution < 1.29 is 31.6 Å². The molecule has 0 aliphatic rings. The summed E-state index contributed by atoms with van der Waals surface area (Å²) in [6.45, 7) is 6.69. The molecule has 320 valence electrons. The summed E-state index contributed by atoms with van der Waals surface area (Å²) in [7, 11) is -1.47. The number of nitrogens with zero attached hydrogens (tertiary/aromatic N) is 2. The second-order valence-electron chi connectivity index (χ2n) is 6.44. The first-order valence-electron chi connectivity index (χ1n) is 10.3. The van der Waals surface area contributed by atoms with Crippen LogP contribution in [0.4, 0.5) is 15.9 Å². The molecule has 2 aromatic carbocycles. The molecule has 0 spiro atoms. The number of benzene rings is 2. The van der Waals surface area contributed by atoms with Gasteiger partial charge in [-0.05, 0) is 24.3 Å². The van der Waals surface area contributed by atoms with E-state index in [1.165, 1.54) is 13.2 Å². The number of nitrogen functional groups attached to an aromatic ring is 1. The van der Waals surface area contributed by atoms with E-state index in [1.54, 1.807) is 19.2 Å². The quantitative estimate of drug-likeness (QED) is 0.144. The minimum absolute atomic E-state index is 0.0827. The molecule has 6 nitrogen and oxygen atoms in total. The van der Waals surface area contributed by atoms with Crippen LogP contribution in [0.1, 0.15) is 0 Å². The van der Waals surface area contributed by atoms with Gasteiger partial charge in [-0.1, -0.05) is 37.0 Å². The Morgan fingerprint density at radius 1 is 0.712 bits per heavy atom. The van der Waals surface area contributed by atoms with Gasteiger partial charge in [0.05, 0.1) is 20.8 Å². The first-order chi connectivity index (χ1) is 24.1. The number of methoxy groups -OCH3 is 2. The predicted molar refractivity (Wildman–Crippen MR) is 464 cm³/mol. The summed E-state index contributed by atoms with van der Waals surface area (Å²) in [5.74, 6) is 0.676. The van der Waals surface area contributed by atoms with Gasteiger partial charge in [0.25, 0.3) is 5.69 Å². The number of halogens is 30. The Bertz CT molecular complexity index is 1510. The number of rotatable bonds is 12. The molecule has 0 unspecified atom stereocenters. The molecule has 0 atom stereocenters. The molecule has 0 aliphatic heterocycles. The largest absolute Gasteiger partial charge is 0.508 e. The Labute approximate surface area is 516 Å². The molecule has 1 heterocycles. The van der Waals surface area contributed by atoms with E-state index < -0.39 is 84.8 Å². The van der Waals surface area contributed by atoms with E-state index in [9.17, 15) is 4.39 Å². The summed E-state index contributed by atoms with van der Waals surface area (Å²) in [6.07, 6.45) is 0. The predicted octanol–water partition coefficient (Wildman–Crippen LogP) is 25.4. The third-order valence-electron chi connectivity index (χ3n) is 3.85. The van der Waals surface area contributed by atoms with Crippen LogP contribution in [0.3, 0.4) is 0 Å². The SMILES string of the molecule is COc1cc(Br)cc2onc(N)c12.II(I)I(I)I(I)I(I)I(I)I(I)I(I)I(I)I(I)I(I)I.I[I-]I(I)I.[C-]#[N+]c1c(F)cc(Br)cc1OC. The van der Waals surface area contributed by atoms with E-state index in [0.717, 1.165) is 4.47 Å². The van der Waals surface area contributed by atoms with Crippen molar-refractivity contribution >= 4 is 420 Å². The molecule has 0 aliphatic carbocycles. The fraction of sp³-hybridized carbons (Fsp3) is 0.125. The summed E-state index contributed by atoms with van der Waals surface area (Å²) in [6, 6.07) is 6.39. The molecule has 0 saturated heterocycles. The van der Waals surface area contributed by atoms with Gasteiger partial charge in [0.1, 0.15) is 22.7 Å². The zero-order valence-electron chi connectivity index (χ0n) is 23.3. The Hall–Kier alpha value is 17.4. The summed E-state index contributed by atoms with van der Waals surface area (Å²) in [5, 5.41) is 4.36. The number of anilines is 1. The van der Waals surface area contributed by atoms with E-state index in [-0.39, 0.29) is 19.3 Å². The van der Waals surface area contributed by atoms with E-state index in [1.807, 2.05) is 6.07 Å².